The van der Waals surface area contributed by atoms with Gasteiger partial charge < -0.3 is 0 Å². The second kappa shape index (κ2) is 9.71. The minimum atomic E-state index is -2.64. The standard InChI is InChI=1S/C31H29OP/c1-2-32-24-26-15-10-12-22-30(26)33(27-17-5-3-6-18-27,28-19-7-4-8-20-28)31-23-13-16-25-14-9-11-21-29(25)31/h3-23,33H,2,24H2,1H3. The molecule has 0 N–H and O–H groups in total. The first-order valence-corrected chi connectivity index (χ1v) is 13.6. The first kappa shape index (κ1) is 21.6. The summed E-state index contributed by atoms with van der Waals surface area (Å²) in [6.45, 7) is 3.38. The van der Waals surface area contributed by atoms with Crippen molar-refractivity contribution in [1.29, 1.82) is 0 Å². The van der Waals surface area contributed by atoms with Gasteiger partial charge in [0.1, 0.15) is 0 Å². The third-order valence-corrected chi connectivity index (χ3v) is 11.4. The minimum absolute atomic E-state index is 0.617. The Morgan fingerprint density at radius 1 is 0.545 bits per heavy atom. The molecule has 164 valence electrons. The van der Waals surface area contributed by atoms with E-state index >= 15 is 0 Å². The molecule has 5 aromatic rings. The molecular weight excluding hydrogens is 419 g/mol. The molecule has 0 unspecified atom stereocenters. The van der Waals surface area contributed by atoms with Crippen LogP contribution in [0.3, 0.4) is 0 Å². The van der Waals surface area contributed by atoms with Crippen molar-refractivity contribution in [3.63, 3.8) is 0 Å². The van der Waals surface area contributed by atoms with E-state index in [1.807, 2.05) is 0 Å². The van der Waals surface area contributed by atoms with Gasteiger partial charge >= 0.3 is 197 Å². The van der Waals surface area contributed by atoms with Gasteiger partial charge in [-0.3, -0.25) is 0 Å². The third kappa shape index (κ3) is 3.89. The molecule has 0 aliphatic rings. The predicted octanol–water partition coefficient (Wildman–Crippen LogP) is 5.73. The average molecular weight is 449 g/mol. The number of fused-ring (bicyclic) bond motifs is 1. The summed E-state index contributed by atoms with van der Waals surface area (Å²) in [7, 11) is -2.64. The van der Waals surface area contributed by atoms with Crippen LogP contribution >= 0.6 is 7.26 Å². The van der Waals surface area contributed by atoms with Crippen LogP contribution in [-0.2, 0) is 11.3 Å². The molecule has 0 heterocycles. The van der Waals surface area contributed by atoms with Crippen molar-refractivity contribution < 1.29 is 4.74 Å². The van der Waals surface area contributed by atoms with E-state index in [2.05, 4.69) is 134 Å². The summed E-state index contributed by atoms with van der Waals surface area (Å²) in [5, 5.41) is 8.19. The average Bonchev–Trinajstić information content (AvgIpc) is 2.90. The van der Waals surface area contributed by atoms with Gasteiger partial charge in [-0.25, -0.2) is 0 Å². The number of benzene rings is 5. The molecule has 0 aliphatic carbocycles. The number of hydrogen-bond donors (Lipinski definition) is 0. The van der Waals surface area contributed by atoms with E-state index in [1.54, 1.807) is 0 Å². The summed E-state index contributed by atoms with van der Waals surface area (Å²) in [5.41, 5.74) is 1.27. The topological polar surface area (TPSA) is 9.23 Å². The van der Waals surface area contributed by atoms with Gasteiger partial charge in [-0.1, -0.05) is 0 Å². The predicted molar refractivity (Wildman–Crippen MR) is 145 cm³/mol. The van der Waals surface area contributed by atoms with Gasteiger partial charge in [0.05, 0.1) is 0 Å². The third-order valence-electron chi connectivity index (χ3n) is 6.49. The molecule has 1 nitrogen and oxygen atoms in total. The molecule has 5 aromatic carbocycles. The molecule has 0 bridgehead atoms. The Bertz CT molecular complexity index is 1300. The zero-order valence-electron chi connectivity index (χ0n) is 18.9. The number of ether oxygens (including phenoxy) is 1. The molecule has 0 spiro atoms. The fourth-order valence-electron chi connectivity index (χ4n) is 5.09. The number of hydrogen-bond acceptors (Lipinski definition) is 1. The van der Waals surface area contributed by atoms with Crippen LogP contribution in [0.4, 0.5) is 0 Å². The molecule has 0 saturated carbocycles. The van der Waals surface area contributed by atoms with E-state index in [0.717, 1.165) is 0 Å². The molecule has 0 amide bonds. The zero-order valence-corrected chi connectivity index (χ0v) is 19.9. The van der Waals surface area contributed by atoms with Gasteiger partial charge in [-0.15, -0.1) is 0 Å². The van der Waals surface area contributed by atoms with Crippen LogP contribution in [0.2, 0.25) is 0 Å². The van der Waals surface area contributed by atoms with E-state index in [1.165, 1.54) is 37.6 Å². The summed E-state index contributed by atoms with van der Waals surface area (Å²) >= 11 is 0. The number of rotatable bonds is 7. The molecule has 0 radical (unpaired) electrons. The first-order chi connectivity index (χ1) is 16.4. The van der Waals surface area contributed by atoms with Crippen molar-refractivity contribution in [3.8, 4) is 0 Å². The van der Waals surface area contributed by atoms with Crippen molar-refractivity contribution in [1.82, 2.24) is 0 Å². The van der Waals surface area contributed by atoms with Crippen LogP contribution in [0.1, 0.15) is 12.5 Å². The normalized spacial score (nSPS) is 12.0. The maximum atomic E-state index is 5.97. The van der Waals surface area contributed by atoms with Crippen LogP contribution in [0.5, 0.6) is 0 Å². The van der Waals surface area contributed by atoms with Gasteiger partial charge in [-0.05, 0) is 0 Å². The second-order valence-corrected chi connectivity index (χ2v) is 12.0. The molecule has 2 heteroatoms. The van der Waals surface area contributed by atoms with Crippen LogP contribution in [0, 0.1) is 0 Å². The Hall–Kier alpha value is -3.25. The van der Waals surface area contributed by atoms with E-state index in [4.69, 9.17) is 4.74 Å². The van der Waals surface area contributed by atoms with Crippen LogP contribution in [-0.4, -0.2) is 6.61 Å². The summed E-state index contributed by atoms with van der Waals surface area (Å²) in [5.74, 6) is 0. The SMILES string of the molecule is CCOCc1ccccc1[PH](c1ccccc1)(c1ccccc1)c1cccc2ccccc12. The van der Waals surface area contributed by atoms with E-state index in [9.17, 15) is 0 Å². The maximum absolute atomic E-state index is 5.97. The second-order valence-electron chi connectivity index (χ2n) is 8.30. The first-order valence-electron chi connectivity index (χ1n) is 11.6. The van der Waals surface area contributed by atoms with Gasteiger partial charge in [0.15, 0.2) is 0 Å². The van der Waals surface area contributed by atoms with Gasteiger partial charge in [0.2, 0.25) is 0 Å². The Morgan fingerprint density at radius 3 is 1.79 bits per heavy atom. The van der Waals surface area contributed by atoms with E-state index < -0.39 is 7.26 Å². The molecule has 0 aliphatic heterocycles. The molecule has 5 rings (SSSR count). The van der Waals surface area contributed by atoms with Crippen LogP contribution in [0.15, 0.2) is 127 Å². The summed E-state index contributed by atoms with van der Waals surface area (Å²) in [4.78, 5) is 0. The fraction of sp³-hybridized carbons (Fsp3) is 0.0968. The summed E-state index contributed by atoms with van der Waals surface area (Å²) in [6.07, 6.45) is 0. The molecule has 0 saturated heterocycles. The van der Waals surface area contributed by atoms with Crippen molar-refractivity contribution in [2.75, 3.05) is 6.61 Å². The summed E-state index contributed by atoms with van der Waals surface area (Å²) in [6, 6.07) is 46.7. The molecule has 0 atom stereocenters. The van der Waals surface area contributed by atoms with Crippen molar-refractivity contribution in [2.45, 2.75) is 13.5 Å². The van der Waals surface area contributed by atoms with Crippen molar-refractivity contribution >= 4 is 39.3 Å². The van der Waals surface area contributed by atoms with Crippen molar-refractivity contribution in [2.24, 2.45) is 0 Å². The zero-order chi connectivity index (χ0) is 22.5. The van der Waals surface area contributed by atoms with E-state index in [0.29, 0.717) is 13.2 Å². The van der Waals surface area contributed by atoms with Gasteiger partial charge in [0, 0.05) is 0 Å². The quantitative estimate of drug-likeness (QED) is 0.289. The molecule has 0 fully saturated rings. The van der Waals surface area contributed by atoms with Gasteiger partial charge in [-0.2, -0.15) is 0 Å². The molecule has 0 aromatic heterocycles. The Morgan fingerprint density at radius 2 is 1.09 bits per heavy atom. The van der Waals surface area contributed by atoms with Crippen molar-refractivity contribution in [3.05, 3.63) is 133 Å². The van der Waals surface area contributed by atoms with Gasteiger partial charge in [0.25, 0.3) is 0 Å². The Balaban J connectivity index is 1.96. The molecule has 33 heavy (non-hydrogen) atoms. The monoisotopic (exact) mass is 448 g/mol. The fourth-order valence-corrected chi connectivity index (χ4v) is 10.3. The Labute approximate surface area is 197 Å². The van der Waals surface area contributed by atoms with Crippen LogP contribution in [0.25, 0.3) is 10.8 Å². The summed E-state index contributed by atoms with van der Waals surface area (Å²) < 4.78 is 5.97. The van der Waals surface area contributed by atoms with Crippen LogP contribution < -0.4 is 21.2 Å². The Kier molecular flexibility index (Phi) is 6.35. The molecular formula is C31H29OP. The van der Waals surface area contributed by atoms with E-state index in [-0.39, 0.29) is 0 Å².